The minimum atomic E-state index is 0.178. The highest BCUT2D eigenvalue weighted by Crippen LogP contribution is 2.29. The van der Waals surface area contributed by atoms with Crippen LogP contribution in [0, 0.1) is 5.92 Å². The minimum Gasteiger partial charge on any atom is -0.326 e. The first kappa shape index (κ1) is 13.1. The molecule has 98 valence electrons. The van der Waals surface area contributed by atoms with E-state index in [1.807, 2.05) is 18.2 Å². The first-order chi connectivity index (χ1) is 8.72. The maximum Gasteiger partial charge on any atom is 0.227 e. The van der Waals surface area contributed by atoms with Crippen LogP contribution in [0.5, 0.6) is 0 Å². The Morgan fingerprint density at radius 1 is 1.39 bits per heavy atom. The zero-order valence-corrected chi connectivity index (χ0v) is 11.2. The molecule has 0 aromatic heterocycles. The molecule has 3 nitrogen and oxygen atoms in total. The van der Waals surface area contributed by atoms with E-state index in [-0.39, 0.29) is 17.9 Å². The van der Waals surface area contributed by atoms with E-state index in [0.717, 1.165) is 30.6 Å². The second kappa shape index (κ2) is 6.01. The van der Waals surface area contributed by atoms with Gasteiger partial charge in [0.15, 0.2) is 0 Å². The van der Waals surface area contributed by atoms with Crippen molar-refractivity contribution in [1.82, 2.24) is 5.32 Å². The number of nitrogens with one attached hydrogen (secondary N) is 2. The molecule has 0 saturated heterocycles. The van der Waals surface area contributed by atoms with E-state index < -0.39 is 0 Å². The molecule has 18 heavy (non-hydrogen) atoms. The maximum absolute atomic E-state index is 12.0. The van der Waals surface area contributed by atoms with Crippen molar-refractivity contribution in [1.29, 1.82) is 0 Å². The molecule has 1 saturated carbocycles. The summed E-state index contributed by atoms with van der Waals surface area (Å²) in [5.41, 5.74) is 2.11. The number of carbonyl (C=O) groups excluding carboxylic acids is 1. The predicted octanol–water partition coefficient (Wildman–Crippen LogP) is 3.10. The molecule has 1 fully saturated rings. The molecule has 1 aliphatic rings. The van der Waals surface area contributed by atoms with E-state index in [0.29, 0.717) is 0 Å². The molecule has 0 radical (unpaired) electrons. The molecule has 1 aliphatic carbocycles. The maximum atomic E-state index is 12.0. The lowest BCUT2D eigenvalue weighted by molar-refractivity contribution is -0.122. The molecule has 1 aromatic rings. The summed E-state index contributed by atoms with van der Waals surface area (Å²) in [5, 5.41) is 6.45. The van der Waals surface area contributed by atoms with Crippen molar-refractivity contribution < 1.29 is 4.79 Å². The third kappa shape index (κ3) is 2.91. The van der Waals surface area contributed by atoms with Gasteiger partial charge in [0.1, 0.15) is 0 Å². The summed E-state index contributed by atoms with van der Waals surface area (Å²) < 4.78 is 0. The van der Waals surface area contributed by atoms with Crippen molar-refractivity contribution in [3.63, 3.8) is 0 Å². The molecular weight excluding hydrogens is 224 g/mol. The van der Waals surface area contributed by atoms with Crippen LogP contribution < -0.4 is 10.6 Å². The zero-order valence-electron chi connectivity index (χ0n) is 11.2. The van der Waals surface area contributed by atoms with Crippen molar-refractivity contribution in [3.05, 3.63) is 29.8 Å². The van der Waals surface area contributed by atoms with Crippen LogP contribution in [0.25, 0.3) is 0 Å². The van der Waals surface area contributed by atoms with Crippen molar-refractivity contribution >= 4 is 11.6 Å². The Balaban J connectivity index is 2.08. The lowest BCUT2D eigenvalue weighted by atomic mass is 9.84. The van der Waals surface area contributed by atoms with Crippen LogP contribution >= 0.6 is 0 Å². The van der Waals surface area contributed by atoms with Crippen molar-refractivity contribution in [3.8, 4) is 0 Å². The summed E-state index contributed by atoms with van der Waals surface area (Å²) in [6, 6.07) is 8.30. The lowest BCUT2D eigenvalue weighted by Gasteiger charge is -2.25. The number of anilines is 1. The van der Waals surface area contributed by atoms with E-state index in [9.17, 15) is 4.79 Å². The van der Waals surface area contributed by atoms with Gasteiger partial charge in [-0.1, -0.05) is 31.5 Å². The van der Waals surface area contributed by atoms with Crippen molar-refractivity contribution in [2.75, 3.05) is 11.9 Å². The van der Waals surface area contributed by atoms with Crippen LogP contribution in [-0.2, 0) is 4.79 Å². The second-order valence-corrected chi connectivity index (χ2v) is 4.98. The molecule has 2 N–H and O–H groups in total. The number of hydrogen-bond donors (Lipinski definition) is 2. The SMILES string of the molecule is CCNC(C)c1ccccc1NC(=O)C1CCC1. The number of benzene rings is 1. The lowest BCUT2D eigenvalue weighted by Crippen LogP contribution is -2.29. The summed E-state index contributed by atoms with van der Waals surface area (Å²) in [6.45, 7) is 5.13. The highest BCUT2D eigenvalue weighted by atomic mass is 16.1. The molecule has 0 heterocycles. The minimum absolute atomic E-state index is 0.178. The summed E-state index contributed by atoms with van der Waals surface area (Å²) in [4.78, 5) is 12.0. The fraction of sp³-hybridized carbons (Fsp3) is 0.533. The Bertz CT molecular complexity index is 413. The van der Waals surface area contributed by atoms with Gasteiger partial charge in [-0.2, -0.15) is 0 Å². The molecule has 1 atom stereocenters. The largest absolute Gasteiger partial charge is 0.326 e. The molecule has 1 amide bonds. The number of amides is 1. The summed E-state index contributed by atoms with van der Waals surface area (Å²) in [6.07, 6.45) is 3.26. The van der Waals surface area contributed by atoms with Gasteiger partial charge < -0.3 is 10.6 Å². The number of para-hydroxylation sites is 1. The Kier molecular flexibility index (Phi) is 4.37. The quantitative estimate of drug-likeness (QED) is 0.838. The average molecular weight is 246 g/mol. The van der Waals surface area contributed by atoms with Gasteiger partial charge in [0.25, 0.3) is 0 Å². The van der Waals surface area contributed by atoms with Crippen LogP contribution in [0.4, 0.5) is 5.69 Å². The molecule has 2 rings (SSSR count). The standard InChI is InChI=1S/C15H22N2O/c1-3-16-11(2)13-9-4-5-10-14(13)17-15(18)12-7-6-8-12/h4-5,9-12,16H,3,6-8H2,1-2H3,(H,17,18). The van der Waals surface area contributed by atoms with Crippen molar-refractivity contribution in [2.24, 2.45) is 5.92 Å². The fourth-order valence-electron chi connectivity index (χ4n) is 2.31. The van der Waals surface area contributed by atoms with E-state index in [1.165, 1.54) is 6.42 Å². The topological polar surface area (TPSA) is 41.1 Å². The molecule has 0 spiro atoms. The predicted molar refractivity (Wildman–Crippen MR) is 74.5 cm³/mol. The number of hydrogen-bond acceptors (Lipinski definition) is 2. The number of rotatable bonds is 5. The van der Waals surface area contributed by atoms with Crippen LogP contribution in [0.2, 0.25) is 0 Å². The Morgan fingerprint density at radius 3 is 2.72 bits per heavy atom. The summed E-state index contributed by atoms with van der Waals surface area (Å²) in [7, 11) is 0. The molecule has 0 bridgehead atoms. The number of carbonyl (C=O) groups is 1. The van der Waals surface area contributed by atoms with E-state index in [1.54, 1.807) is 0 Å². The van der Waals surface area contributed by atoms with Gasteiger partial charge in [0, 0.05) is 17.6 Å². The Labute approximate surface area is 109 Å². The van der Waals surface area contributed by atoms with Gasteiger partial charge in [-0.25, -0.2) is 0 Å². The van der Waals surface area contributed by atoms with Gasteiger partial charge in [-0.15, -0.1) is 0 Å². The van der Waals surface area contributed by atoms with Crippen LogP contribution in [0.3, 0.4) is 0 Å². The van der Waals surface area contributed by atoms with Crippen LogP contribution in [0.1, 0.15) is 44.7 Å². The fourth-order valence-corrected chi connectivity index (χ4v) is 2.31. The Hall–Kier alpha value is -1.35. The van der Waals surface area contributed by atoms with Crippen LogP contribution in [-0.4, -0.2) is 12.5 Å². The van der Waals surface area contributed by atoms with Crippen LogP contribution in [0.15, 0.2) is 24.3 Å². The average Bonchev–Trinajstić information content (AvgIpc) is 2.27. The normalized spacial score (nSPS) is 17.0. The van der Waals surface area contributed by atoms with Gasteiger partial charge in [0.05, 0.1) is 0 Å². The Morgan fingerprint density at radius 2 is 2.11 bits per heavy atom. The van der Waals surface area contributed by atoms with Crippen molar-refractivity contribution in [2.45, 2.75) is 39.2 Å². The monoisotopic (exact) mass is 246 g/mol. The molecule has 1 aromatic carbocycles. The summed E-state index contributed by atoms with van der Waals surface area (Å²) >= 11 is 0. The highest BCUT2D eigenvalue weighted by Gasteiger charge is 2.25. The zero-order chi connectivity index (χ0) is 13.0. The van der Waals surface area contributed by atoms with Gasteiger partial charge >= 0.3 is 0 Å². The van der Waals surface area contributed by atoms with Gasteiger partial charge in [-0.05, 0) is 37.9 Å². The molecule has 1 unspecified atom stereocenters. The first-order valence-corrected chi connectivity index (χ1v) is 6.85. The molecule has 3 heteroatoms. The van der Waals surface area contributed by atoms with E-state index >= 15 is 0 Å². The van der Waals surface area contributed by atoms with E-state index in [4.69, 9.17) is 0 Å². The van der Waals surface area contributed by atoms with Gasteiger partial charge in [-0.3, -0.25) is 4.79 Å². The van der Waals surface area contributed by atoms with E-state index in [2.05, 4.69) is 30.5 Å². The second-order valence-electron chi connectivity index (χ2n) is 4.98. The third-order valence-electron chi connectivity index (χ3n) is 3.67. The first-order valence-electron chi connectivity index (χ1n) is 6.85. The molecular formula is C15H22N2O. The molecule has 0 aliphatic heterocycles. The highest BCUT2D eigenvalue weighted by molar-refractivity contribution is 5.93. The van der Waals surface area contributed by atoms with Gasteiger partial charge in [0.2, 0.25) is 5.91 Å². The summed E-state index contributed by atoms with van der Waals surface area (Å²) in [5.74, 6) is 0.407. The third-order valence-corrected chi connectivity index (χ3v) is 3.67. The smallest absolute Gasteiger partial charge is 0.227 e.